The molecule has 0 amide bonds. The Labute approximate surface area is 109 Å². The predicted molar refractivity (Wildman–Crippen MR) is 72.9 cm³/mol. The van der Waals surface area contributed by atoms with Crippen molar-refractivity contribution < 1.29 is 9.53 Å². The van der Waals surface area contributed by atoms with E-state index in [1.54, 1.807) is 0 Å². The molecule has 1 fully saturated rings. The molecule has 2 heteroatoms. The van der Waals surface area contributed by atoms with Crippen LogP contribution in [0.5, 0.6) is 0 Å². The minimum Gasteiger partial charge on any atom is -0.378 e. The Morgan fingerprint density at radius 2 is 1.89 bits per heavy atom. The molecule has 1 aromatic carbocycles. The van der Waals surface area contributed by atoms with Crippen molar-refractivity contribution >= 4 is 5.78 Å². The molecular formula is C16H22O2. The Balaban J connectivity index is 2.12. The van der Waals surface area contributed by atoms with Gasteiger partial charge in [-0.1, -0.05) is 17.7 Å². The second-order valence-electron chi connectivity index (χ2n) is 5.60. The fourth-order valence-electron chi connectivity index (χ4n) is 2.85. The van der Waals surface area contributed by atoms with Gasteiger partial charge in [-0.3, -0.25) is 4.79 Å². The number of benzene rings is 1. The molecule has 2 nitrogen and oxygen atoms in total. The molecule has 1 saturated heterocycles. The molecule has 0 aromatic heterocycles. The van der Waals surface area contributed by atoms with E-state index in [1.165, 1.54) is 22.3 Å². The van der Waals surface area contributed by atoms with Crippen molar-refractivity contribution in [1.82, 2.24) is 0 Å². The summed E-state index contributed by atoms with van der Waals surface area (Å²) < 4.78 is 5.48. The first-order chi connectivity index (χ1) is 8.47. The Hall–Kier alpha value is -1.15. The highest BCUT2D eigenvalue weighted by Crippen LogP contribution is 2.24. The third kappa shape index (κ3) is 2.81. The van der Waals surface area contributed by atoms with E-state index in [9.17, 15) is 4.79 Å². The van der Waals surface area contributed by atoms with Crippen LogP contribution < -0.4 is 0 Å². The first-order valence-electron chi connectivity index (χ1n) is 6.68. The average molecular weight is 246 g/mol. The van der Waals surface area contributed by atoms with Gasteiger partial charge in [0.2, 0.25) is 0 Å². The first-order valence-corrected chi connectivity index (χ1v) is 6.68. The highest BCUT2D eigenvalue weighted by atomic mass is 16.5. The van der Waals surface area contributed by atoms with Crippen LogP contribution in [0.1, 0.15) is 35.6 Å². The summed E-state index contributed by atoms with van der Waals surface area (Å²) >= 11 is 0. The molecule has 18 heavy (non-hydrogen) atoms. The van der Waals surface area contributed by atoms with E-state index in [-0.39, 0.29) is 12.0 Å². The molecule has 0 N–H and O–H groups in total. The smallest absolute Gasteiger partial charge is 0.142 e. The van der Waals surface area contributed by atoms with Crippen molar-refractivity contribution in [2.75, 3.05) is 6.61 Å². The molecule has 98 valence electrons. The lowest BCUT2D eigenvalue weighted by Crippen LogP contribution is -2.18. The van der Waals surface area contributed by atoms with Crippen LogP contribution in [-0.2, 0) is 16.0 Å². The Bertz CT molecular complexity index is 439. The van der Waals surface area contributed by atoms with Crippen LogP contribution >= 0.6 is 0 Å². The lowest BCUT2D eigenvalue weighted by Gasteiger charge is -2.13. The zero-order valence-corrected chi connectivity index (χ0v) is 11.7. The molecule has 2 rings (SSSR count). The summed E-state index contributed by atoms with van der Waals surface area (Å²) in [5.74, 6) is 0.425. The third-order valence-corrected chi connectivity index (χ3v) is 3.85. The van der Waals surface area contributed by atoms with E-state index in [1.807, 2.05) is 6.92 Å². The van der Waals surface area contributed by atoms with E-state index >= 15 is 0 Å². The summed E-state index contributed by atoms with van der Waals surface area (Å²) in [6.45, 7) is 8.92. The molecule has 0 saturated carbocycles. The second-order valence-corrected chi connectivity index (χ2v) is 5.60. The van der Waals surface area contributed by atoms with Gasteiger partial charge in [0.05, 0.1) is 12.7 Å². The van der Waals surface area contributed by atoms with Gasteiger partial charge in [-0.2, -0.15) is 0 Å². The SMILES string of the molecule is Cc1cc(C)c(CC(=O)C2COC(C)C2)c(C)c1. The number of carbonyl (C=O) groups is 1. The van der Waals surface area contributed by atoms with Crippen molar-refractivity contribution in [3.05, 3.63) is 34.4 Å². The molecule has 2 unspecified atom stereocenters. The van der Waals surface area contributed by atoms with Crippen LogP contribution in [0.3, 0.4) is 0 Å². The quantitative estimate of drug-likeness (QED) is 0.819. The minimum absolute atomic E-state index is 0.0973. The largest absolute Gasteiger partial charge is 0.378 e. The van der Waals surface area contributed by atoms with Crippen molar-refractivity contribution in [2.45, 2.75) is 46.6 Å². The van der Waals surface area contributed by atoms with Crippen LogP contribution in [0.4, 0.5) is 0 Å². The number of carbonyl (C=O) groups excluding carboxylic acids is 1. The van der Waals surface area contributed by atoms with Crippen LogP contribution in [0.2, 0.25) is 0 Å². The number of ether oxygens (including phenoxy) is 1. The fourth-order valence-corrected chi connectivity index (χ4v) is 2.85. The minimum atomic E-state index is 0.0973. The normalized spacial score (nSPS) is 23.3. The lowest BCUT2D eigenvalue weighted by atomic mass is 9.90. The van der Waals surface area contributed by atoms with E-state index in [4.69, 9.17) is 4.74 Å². The molecule has 1 aliphatic heterocycles. The maximum Gasteiger partial charge on any atom is 0.142 e. The predicted octanol–water partition coefficient (Wildman–Crippen LogP) is 3.15. The number of ketones is 1. The molecule has 0 bridgehead atoms. The number of hydrogen-bond acceptors (Lipinski definition) is 2. The van der Waals surface area contributed by atoms with Crippen LogP contribution in [-0.4, -0.2) is 18.5 Å². The van der Waals surface area contributed by atoms with Crippen molar-refractivity contribution in [3.63, 3.8) is 0 Å². The maximum absolute atomic E-state index is 12.3. The van der Waals surface area contributed by atoms with Crippen LogP contribution in [0.15, 0.2) is 12.1 Å². The standard InChI is InChI=1S/C16H22O2/c1-10-5-11(2)15(12(3)6-10)8-16(17)14-7-13(4)18-9-14/h5-6,13-14H,7-9H2,1-4H3. The highest BCUT2D eigenvalue weighted by molar-refractivity contribution is 5.84. The monoisotopic (exact) mass is 246 g/mol. The van der Waals surface area contributed by atoms with Gasteiger partial charge in [-0.05, 0) is 50.8 Å². The van der Waals surface area contributed by atoms with Crippen molar-refractivity contribution in [1.29, 1.82) is 0 Å². The summed E-state index contributed by atoms with van der Waals surface area (Å²) in [5.41, 5.74) is 4.92. The summed E-state index contributed by atoms with van der Waals surface area (Å²) in [6.07, 6.45) is 1.67. The molecule has 0 radical (unpaired) electrons. The van der Waals surface area contributed by atoms with Gasteiger partial charge in [0.15, 0.2) is 0 Å². The molecule has 2 atom stereocenters. The number of hydrogen-bond donors (Lipinski definition) is 0. The average Bonchev–Trinajstić information content (AvgIpc) is 2.70. The van der Waals surface area contributed by atoms with E-state index < -0.39 is 0 Å². The van der Waals surface area contributed by atoms with Crippen molar-refractivity contribution in [2.24, 2.45) is 5.92 Å². The number of aryl methyl sites for hydroxylation is 3. The van der Waals surface area contributed by atoms with Crippen LogP contribution in [0, 0.1) is 26.7 Å². The van der Waals surface area contributed by atoms with Gasteiger partial charge in [0.1, 0.15) is 5.78 Å². The second kappa shape index (κ2) is 5.23. The van der Waals surface area contributed by atoms with Crippen LogP contribution in [0.25, 0.3) is 0 Å². The molecule has 1 heterocycles. The summed E-state index contributed by atoms with van der Waals surface area (Å²) in [5, 5.41) is 0. The van der Waals surface area contributed by atoms with Gasteiger partial charge in [-0.25, -0.2) is 0 Å². The highest BCUT2D eigenvalue weighted by Gasteiger charge is 2.28. The summed E-state index contributed by atoms with van der Waals surface area (Å²) in [4.78, 5) is 12.3. The Morgan fingerprint density at radius 1 is 1.28 bits per heavy atom. The van der Waals surface area contributed by atoms with E-state index in [2.05, 4.69) is 32.9 Å². The zero-order valence-electron chi connectivity index (χ0n) is 11.7. The van der Waals surface area contributed by atoms with Gasteiger partial charge in [0.25, 0.3) is 0 Å². The van der Waals surface area contributed by atoms with Gasteiger partial charge < -0.3 is 4.74 Å². The maximum atomic E-state index is 12.3. The van der Waals surface area contributed by atoms with E-state index in [0.717, 1.165) is 6.42 Å². The topological polar surface area (TPSA) is 26.3 Å². The van der Waals surface area contributed by atoms with Gasteiger partial charge in [0, 0.05) is 12.3 Å². The molecule has 0 aliphatic carbocycles. The Kier molecular flexibility index (Phi) is 3.86. The molecule has 1 aliphatic rings. The van der Waals surface area contributed by atoms with Gasteiger partial charge >= 0.3 is 0 Å². The number of Topliss-reactive ketones (excluding diaryl/α,β-unsaturated/α-hetero) is 1. The van der Waals surface area contributed by atoms with Crippen molar-refractivity contribution in [3.8, 4) is 0 Å². The third-order valence-electron chi connectivity index (χ3n) is 3.85. The first kappa shape index (κ1) is 13.3. The molecular weight excluding hydrogens is 224 g/mol. The fraction of sp³-hybridized carbons (Fsp3) is 0.562. The van der Waals surface area contributed by atoms with Gasteiger partial charge in [-0.15, -0.1) is 0 Å². The summed E-state index contributed by atoms with van der Waals surface area (Å²) in [6, 6.07) is 4.31. The summed E-state index contributed by atoms with van der Waals surface area (Å²) in [7, 11) is 0. The Morgan fingerprint density at radius 3 is 2.39 bits per heavy atom. The van der Waals surface area contributed by atoms with E-state index in [0.29, 0.717) is 18.8 Å². The zero-order chi connectivity index (χ0) is 13.3. The lowest BCUT2D eigenvalue weighted by molar-refractivity contribution is -0.122. The molecule has 0 spiro atoms. The molecule has 1 aromatic rings. The number of rotatable bonds is 3.